The lowest BCUT2D eigenvalue weighted by molar-refractivity contribution is 0.0290. The summed E-state index contributed by atoms with van der Waals surface area (Å²) < 4.78 is 5.45. The molecule has 0 amide bonds. The number of benzene rings is 1. The Kier molecular flexibility index (Phi) is 5.26. The normalized spacial score (nSPS) is 23.8. The number of ether oxygens (including phenoxy) is 1. The van der Waals surface area contributed by atoms with E-state index in [0.29, 0.717) is 18.2 Å². The van der Waals surface area contributed by atoms with Crippen molar-refractivity contribution in [1.29, 1.82) is 0 Å². The van der Waals surface area contributed by atoms with Crippen molar-refractivity contribution in [2.75, 3.05) is 32.0 Å². The SMILES string of the molecule is CCOc1ccc(CC2CN(CC)CCC2O)cc1N. The van der Waals surface area contributed by atoms with E-state index < -0.39 is 0 Å². The third kappa shape index (κ3) is 3.64. The first-order chi connectivity index (χ1) is 9.63. The first-order valence-corrected chi connectivity index (χ1v) is 7.55. The number of nitrogen functional groups attached to an aromatic ring is 1. The van der Waals surface area contributed by atoms with Crippen molar-refractivity contribution >= 4 is 5.69 Å². The predicted molar refractivity (Wildman–Crippen MR) is 82.0 cm³/mol. The molecule has 2 atom stereocenters. The molecule has 1 aromatic rings. The van der Waals surface area contributed by atoms with Gasteiger partial charge in [-0.15, -0.1) is 0 Å². The molecule has 2 unspecified atom stereocenters. The van der Waals surface area contributed by atoms with Crippen LogP contribution >= 0.6 is 0 Å². The van der Waals surface area contributed by atoms with E-state index in [-0.39, 0.29) is 6.10 Å². The minimum atomic E-state index is -0.203. The number of likely N-dealkylation sites (tertiary alicyclic amines) is 1. The fourth-order valence-corrected chi connectivity index (χ4v) is 2.90. The number of aliphatic hydroxyl groups is 1. The maximum atomic E-state index is 10.2. The molecule has 1 aliphatic heterocycles. The number of piperidine rings is 1. The van der Waals surface area contributed by atoms with Crippen molar-refractivity contribution in [3.63, 3.8) is 0 Å². The van der Waals surface area contributed by atoms with Crippen LogP contribution < -0.4 is 10.5 Å². The van der Waals surface area contributed by atoms with E-state index in [1.807, 2.05) is 19.1 Å². The largest absolute Gasteiger partial charge is 0.492 e. The Morgan fingerprint density at radius 1 is 1.40 bits per heavy atom. The summed E-state index contributed by atoms with van der Waals surface area (Å²) in [5.41, 5.74) is 7.86. The molecule has 1 aromatic carbocycles. The van der Waals surface area contributed by atoms with E-state index in [1.165, 1.54) is 5.56 Å². The molecule has 112 valence electrons. The molecule has 2 rings (SSSR count). The quantitative estimate of drug-likeness (QED) is 0.808. The molecule has 0 bridgehead atoms. The van der Waals surface area contributed by atoms with Crippen LogP contribution in [0.15, 0.2) is 18.2 Å². The Labute approximate surface area is 121 Å². The Bertz CT molecular complexity index is 436. The van der Waals surface area contributed by atoms with Crippen molar-refractivity contribution in [3.05, 3.63) is 23.8 Å². The van der Waals surface area contributed by atoms with Gasteiger partial charge in [-0.1, -0.05) is 13.0 Å². The summed E-state index contributed by atoms with van der Waals surface area (Å²) in [5, 5.41) is 10.2. The van der Waals surface area contributed by atoms with Gasteiger partial charge in [-0.25, -0.2) is 0 Å². The average Bonchev–Trinajstić information content (AvgIpc) is 2.44. The highest BCUT2D eigenvalue weighted by atomic mass is 16.5. The smallest absolute Gasteiger partial charge is 0.142 e. The standard InChI is InChI=1S/C16H26N2O2/c1-3-18-8-7-15(19)13(11-18)9-12-5-6-16(20-4-2)14(17)10-12/h5-6,10,13,15,19H,3-4,7-9,11,17H2,1-2H3. The summed E-state index contributed by atoms with van der Waals surface area (Å²) in [6.07, 6.45) is 1.53. The van der Waals surface area contributed by atoms with Crippen molar-refractivity contribution in [2.45, 2.75) is 32.8 Å². The number of hydrogen-bond donors (Lipinski definition) is 2. The lowest BCUT2D eigenvalue weighted by Crippen LogP contribution is -2.43. The van der Waals surface area contributed by atoms with Crippen LogP contribution in [0, 0.1) is 5.92 Å². The van der Waals surface area contributed by atoms with Crippen LogP contribution in [-0.4, -0.2) is 42.4 Å². The van der Waals surface area contributed by atoms with Gasteiger partial charge in [0, 0.05) is 19.0 Å². The van der Waals surface area contributed by atoms with E-state index in [9.17, 15) is 5.11 Å². The van der Waals surface area contributed by atoms with Crippen LogP contribution in [0.1, 0.15) is 25.8 Å². The summed E-state index contributed by atoms with van der Waals surface area (Å²) in [7, 11) is 0. The number of rotatable bonds is 5. The third-order valence-corrected chi connectivity index (χ3v) is 4.10. The zero-order chi connectivity index (χ0) is 14.5. The molecule has 3 N–H and O–H groups in total. The van der Waals surface area contributed by atoms with E-state index in [2.05, 4.69) is 17.9 Å². The molecule has 1 saturated heterocycles. The fraction of sp³-hybridized carbons (Fsp3) is 0.625. The van der Waals surface area contributed by atoms with Gasteiger partial charge in [0.2, 0.25) is 0 Å². The van der Waals surface area contributed by atoms with Gasteiger partial charge in [-0.05, 0) is 44.0 Å². The maximum Gasteiger partial charge on any atom is 0.142 e. The highest BCUT2D eigenvalue weighted by molar-refractivity contribution is 5.54. The van der Waals surface area contributed by atoms with E-state index in [1.54, 1.807) is 0 Å². The van der Waals surface area contributed by atoms with Crippen molar-refractivity contribution in [1.82, 2.24) is 4.90 Å². The summed E-state index contributed by atoms with van der Waals surface area (Å²) in [5.74, 6) is 1.04. The highest BCUT2D eigenvalue weighted by Crippen LogP contribution is 2.26. The minimum absolute atomic E-state index is 0.203. The van der Waals surface area contributed by atoms with E-state index in [4.69, 9.17) is 10.5 Å². The van der Waals surface area contributed by atoms with Gasteiger partial charge < -0.3 is 20.5 Å². The van der Waals surface area contributed by atoms with Crippen molar-refractivity contribution < 1.29 is 9.84 Å². The van der Waals surface area contributed by atoms with Gasteiger partial charge in [-0.3, -0.25) is 0 Å². The second kappa shape index (κ2) is 6.95. The van der Waals surface area contributed by atoms with Gasteiger partial charge in [0.15, 0.2) is 0 Å². The zero-order valence-corrected chi connectivity index (χ0v) is 12.5. The minimum Gasteiger partial charge on any atom is -0.492 e. The third-order valence-electron chi connectivity index (χ3n) is 4.10. The number of aliphatic hydroxyl groups excluding tert-OH is 1. The predicted octanol–water partition coefficient (Wildman–Crippen LogP) is 1.91. The molecule has 1 aliphatic rings. The Morgan fingerprint density at radius 2 is 2.20 bits per heavy atom. The number of nitrogens with two attached hydrogens (primary N) is 1. The number of nitrogens with zero attached hydrogens (tertiary/aromatic N) is 1. The first-order valence-electron chi connectivity index (χ1n) is 7.55. The molecule has 1 fully saturated rings. The molecule has 0 aliphatic carbocycles. The van der Waals surface area contributed by atoms with Crippen LogP contribution in [0.25, 0.3) is 0 Å². The highest BCUT2D eigenvalue weighted by Gasteiger charge is 2.27. The Hall–Kier alpha value is -1.26. The molecule has 1 heterocycles. The summed E-state index contributed by atoms with van der Waals surface area (Å²) in [6.45, 7) is 7.75. The molecular weight excluding hydrogens is 252 g/mol. The molecule has 20 heavy (non-hydrogen) atoms. The molecule has 0 spiro atoms. The van der Waals surface area contributed by atoms with Crippen molar-refractivity contribution in [2.24, 2.45) is 5.92 Å². The first kappa shape index (κ1) is 15.1. The monoisotopic (exact) mass is 278 g/mol. The van der Waals surface area contributed by atoms with E-state index >= 15 is 0 Å². The van der Waals surface area contributed by atoms with Crippen LogP contribution in [0.2, 0.25) is 0 Å². The second-order valence-corrected chi connectivity index (χ2v) is 5.52. The van der Waals surface area contributed by atoms with Crippen molar-refractivity contribution in [3.8, 4) is 5.75 Å². The van der Waals surface area contributed by atoms with Gasteiger partial charge in [0.1, 0.15) is 5.75 Å². The van der Waals surface area contributed by atoms with Crippen LogP contribution in [0.3, 0.4) is 0 Å². The van der Waals surface area contributed by atoms with Gasteiger partial charge >= 0.3 is 0 Å². The van der Waals surface area contributed by atoms with Gasteiger partial charge in [0.05, 0.1) is 18.4 Å². The van der Waals surface area contributed by atoms with Crippen LogP contribution in [-0.2, 0) is 6.42 Å². The molecule has 4 nitrogen and oxygen atoms in total. The summed E-state index contributed by atoms with van der Waals surface area (Å²) in [6, 6.07) is 5.96. The van der Waals surface area contributed by atoms with Gasteiger partial charge in [-0.2, -0.15) is 0 Å². The van der Waals surface area contributed by atoms with Crippen LogP contribution in [0.5, 0.6) is 5.75 Å². The lowest BCUT2D eigenvalue weighted by atomic mass is 9.88. The number of hydrogen-bond acceptors (Lipinski definition) is 4. The maximum absolute atomic E-state index is 10.2. The van der Waals surface area contributed by atoms with Gasteiger partial charge in [0.25, 0.3) is 0 Å². The molecule has 0 aromatic heterocycles. The van der Waals surface area contributed by atoms with E-state index in [0.717, 1.165) is 38.2 Å². The average molecular weight is 278 g/mol. The lowest BCUT2D eigenvalue weighted by Gasteiger charge is -2.35. The molecular formula is C16H26N2O2. The topological polar surface area (TPSA) is 58.7 Å². The zero-order valence-electron chi connectivity index (χ0n) is 12.5. The van der Waals surface area contributed by atoms with Crippen LogP contribution in [0.4, 0.5) is 5.69 Å². The summed E-state index contributed by atoms with van der Waals surface area (Å²) >= 11 is 0. The molecule has 0 saturated carbocycles. The fourth-order valence-electron chi connectivity index (χ4n) is 2.90. The Morgan fingerprint density at radius 3 is 2.85 bits per heavy atom. The second-order valence-electron chi connectivity index (χ2n) is 5.52. The summed E-state index contributed by atoms with van der Waals surface area (Å²) in [4.78, 5) is 2.40. The number of anilines is 1. The Balaban J connectivity index is 2.03. The molecule has 0 radical (unpaired) electrons. The molecule has 4 heteroatoms.